The second-order valence-corrected chi connectivity index (χ2v) is 12.0. The lowest BCUT2D eigenvalue weighted by atomic mass is 9.98. The molecule has 1 aliphatic heterocycles. The first kappa shape index (κ1) is 12.9. The van der Waals surface area contributed by atoms with Gasteiger partial charge in [-0.05, 0) is 27.2 Å². The Morgan fingerprint density at radius 3 is 2.27 bits per heavy atom. The van der Waals surface area contributed by atoms with E-state index in [1.54, 1.807) is 11.1 Å². The Morgan fingerprint density at radius 1 is 1.20 bits per heavy atom. The van der Waals surface area contributed by atoms with E-state index in [2.05, 4.69) is 51.9 Å². The van der Waals surface area contributed by atoms with Crippen molar-refractivity contribution in [2.45, 2.75) is 51.6 Å². The van der Waals surface area contributed by atoms with Gasteiger partial charge < -0.3 is 0 Å². The average Bonchev–Trinajstić information content (AvgIpc) is 2.08. The first-order valence-corrected chi connectivity index (χ1v) is 10.0. The van der Waals surface area contributed by atoms with Gasteiger partial charge in [-0.25, -0.2) is 0 Å². The molecule has 0 aromatic carbocycles. The molecular weight excluding hydrogens is 216 g/mol. The van der Waals surface area contributed by atoms with E-state index in [1.807, 2.05) is 11.8 Å². The lowest BCUT2D eigenvalue weighted by Gasteiger charge is -2.30. The Kier molecular flexibility index (Phi) is 3.79. The minimum Gasteiger partial charge on any atom is -0.138 e. The second kappa shape index (κ2) is 4.39. The summed E-state index contributed by atoms with van der Waals surface area (Å²) in [7, 11) is -1.22. The van der Waals surface area contributed by atoms with Crippen LogP contribution in [0.3, 0.4) is 0 Å². The molecule has 0 saturated heterocycles. The summed E-state index contributed by atoms with van der Waals surface area (Å²) in [4.78, 5) is 0. The molecule has 0 bridgehead atoms. The summed E-state index contributed by atoms with van der Waals surface area (Å²) in [6.45, 7) is 13.7. The lowest BCUT2D eigenvalue weighted by molar-refractivity contribution is 0.778. The number of hydrogen-bond acceptors (Lipinski definition) is 1. The van der Waals surface area contributed by atoms with Gasteiger partial charge in [0.1, 0.15) is 8.07 Å². The quantitative estimate of drug-likeness (QED) is 0.348. The fraction of sp³-hybridized carbons (Fsp3) is 0.692. The molecule has 15 heavy (non-hydrogen) atoms. The molecular formula is C13H22SSi. The van der Waals surface area contributed by atoms with Crippen molar-refractivity contribution in [1.29, 1.82) is 0 Å². The molecule has 0 aromatic rings. The summed E-state index contributed by atoms with van der Waals surface area (Å²) in [5.74, 6) is 4.68. The van der Waals surface area contributed by atoms with Gasteiger partial charge in [0.25, 0.3) is 0 Å². The molecule has 2 heteroatoms. The fourth-order valence-corrected chi connectivity index (χ4v) is 3.46. The first-order valence-electron chi connectivity index (χ1n) is 5.55. The van der Waals surface area contributed by atoms with E-state index in [0.717, 1.165) is 12.2 Å². The van der Waals surface area contributed by atoms with Gasteiger partial charge in [-0.2, -0.15) is 0 Å². The van der Waals surface area contributed by atoms with Crippen molar-refractivity contribution < 1.29 is 0 Å². The van der Waals surface area contributed by atoms with E-state index < -0.39 is 8.07 Å². The molecule has 0 N–H and O–H groups in total. The summed E-state index contributed by atoms with van der Waals surface area (Å²) >= 11 is 2.01. The fourth-order valence-electron chi connectivity index (χ4n) is 1.50. The molecule has 0 nitrogen and oxygen atoms in total. The number of hydrogen-bond donors (Lipinski definition) is 0. The highest BCUT2D eigenvalue weighted by molar-refractivity contribution is 8.01. The SMILES string of the molecule is CC1=C(C)CC(C)(C#C[Si](C)(C)C)SC1. The predicted octanol–water partition coefficient (Wildman–Crippen LogP) is 4.10. The monoisotopic (exact) mass is 238 g/mol. The number of rotatable bonds is 0. The molecule has 0 spiro atoms. The van der Waals surface area contributed by atoms with Crippen LogP contribution in [0.25, 0.3) is 0 Å². The van der Waals surface area contributed by atoms with Crippen molar-refractivity contribution in [3.63, 3.8) is 0 Å². The standard InChI is InChI=1S/C13H22SSi/c1-11-9-13(3,14-10-12(11)2)7-8-15(4,5)6/h9-10H2,1-6H3. The maximum absolute atomic E-state index is 3.53. The van der Waals surface area contributed by atoms with E-state index in [4.69, 9.17) is 0 Å². The molecule has 84 valence electrons. The Bertz CT molecular complexity index is 338. The molecule has 0 radical (unpaired) electrons. The van der Waals surface area contributed by atoms with Crippen LogP contribution >= 0.6 is 11.8 Å². The molecule has 1 unspecified atom stereocenters. The van der Waals surface area contributed by atoms with Crippen molar-refractivity contribution in [2.24, 2.45) is 0 Å². The topological polar surface area (TPSA) is 0 Å². The Hall–Kier alpha value is -0.133. The van der Waals surface area contributed by atoms with Crippen molar-refractivity contribution in [3.05, 3.63) is 11.1 Å². The number of allylic oxidation sites excluding steroid dienone is 1. The Balaban J connectivity index is 2.83. The molecule has 0 fully saturated rings. The van der Waals surface area contributed by atoms with E-state index in [-0.39, 0.29) is 4.75 Å². The van der Waals surface area contributed by atoms with Gasteiger partial charge in [-0.1, -0.05) is 36.7 Å². The van der Waals surface area contributed by atoms with Crippen molar-refractivity contribution in [2.75, 3.05) is 5.75 Å². The zero-order valence-electron chi connectivity index (χ0n) is 10.8. The summed E-state index contributed by atoms with van der Waals surface area (Å²) in [6, 6.07) is 0. The van der Waals surface area contributed by atoms with Crippen molar-refractivity contribution in [3.8, 4) is 11.5 Å². The van der Waals surface area contributed by atoms with Crippen LogP contribution in [-0.2, 0) is 0 Å². The van der Waals surface area contributed by atoms with Gasteiger partial charge in [-0.3, -0.25) is 0 Å². The van der Waals surface area contributed by atoms with Crippen molar-refractivity contribution >= 4 is 19.8 Å². The van der Waals surface area contributed by atoms with Gasteiger partial charge >= 0.3 is 0 Å². The summed E-state index contributed by atoms with van der Waals surface area (Å²) in [6.07, 6.45) is 1.14. The molecule has 1 aliphatic rings. The van der Waals surface area contributed by atoms with Crippen LogP contribution in [0.1, 0.15) is 27.2 Å². The third-order valence-corrected chi connectivity index (χ3v) is 4.98. The van der Waals surface area contributed by atoms with Crippen molar-refractivity contribution in [1.82, 2.24) is 0 Å². The van der Waals surface area contributed by atoms with Crippen LogP contribution in [0.4, 0.5) is 0 Å². The van der Waals surface area contributed by atoms with Gasteiger partial charge in [0.15, 0.2) is 0 Å². The third kappa shape index (κ3) is 4.08. The summed E-state index contributed by atoms with van der Waals surface area (Å²) < 4.78 is 0.171. The second-order valence-electron chi connectivity index (χ2n) is 5.76. The highest BCUT2D eigenvalue weighted by Gasteiger charge is 2.27. The molecule has 0 saturated carbocycles. The molecule has 0 amide bonds. The smallest absolute Gasteiger partial charge is 0.129 e. The van der Waals surface area contributed by atoms with Crippen LogP contribution in [0.15, 0.2) is 11.1 Å². The highest BCUT2D eigenvalue weighted by atomic mass is 32.2. The Labute approximate surface area is 99.9 Å². The summed E-state index contributed by atoms with van der Waals surface area (Å²) in [5, 5.41) is 0. The molecule has 0 aliphatic carbocycles. The van der Waals surface area contributed by atoms with Crippen LogP contribution in [0.2, 0.25) is 19.6 Å². The van der Waals surface area contributed by atoms with E-state index in [9.17, 15) is 0 Å². The summed E-state index contributed by atoms with van der Waals surface area (Å²) in [5.41, 5.74) is 6.60. The molecule has 1 heterocycles. The van der Waals surface area contributed by atoms with Crippen LogP contribution in [0, 0.1) is 11.5 Å². The maximum atomic E-state index is 3.53. The van der Waals surface area contributed by atoms with Gasteiger partial charge in [0.05, 0.1) is 4.75 Å². The normalized spacial score (nSPS) is 27.3. The predicted molar refractivity (Wildman–Crippen MR) is 75.0 cm³/mol. The minimum absolute atomic E-state index is 0.171. The van der Waals surface area contributed by atoms with E-state index in [0.29, 0.717) is 0 Å². The Morgan fingerprint density at radius 2 is 1.80 bits per heavy atom. The lowest BCUT2D eigenvalue weighted by Crippen LogP contribution is -2.25. The van der Waals surface area contributed by atoms with Crippen LogP contribution < -0.4 is 0 Å². The first-order chi connectivity index (χ1) is 6.72. The zero-order chi connectivity index (χ0) is 11.7. The molecule has 0 aromatic heterocycles. The number of thioether (sulfide) groups is 1. The third-order valence-electron chi connectivity index (χ3n) is 2.64. The molecule has 1 atom stereocenters. The minimum atomic E-state index is -1.22. The molecule has 1 rings (SSSR count). The maximum Gasteiger partial charge on any atom is 0.129 e. The van der Waals surface area contributed by atoms with Gasteiger partial charge in [-0.15, -0.1) is 17.3 Å². The van der Waals surface area contributed by atoms with Gasteiger partial charge in [0.2, 0.25) is 0 Å². The average molecular weight is 238 g/mol. The van der Waals surface area contributed by atoms with E-state index >= 15 is 0 Å². The largest absolute Gasteiger partial charge is 0.138 e. The van der Waals surface area contributed by atoms with Crippen LogP contribution in [0.5, 0.6) is 0 Å². The van der Waals surface area contributed by atoms with Gasteiger partial charge in [0, 0.05) is 5.75 Å². The highest BCUT2D eigenvalue weighted by Crippen LogP contribution is 2.38. The zero-order valence-corrected chi connectivity index (χ0v) is 12.6. The van der Waals surface area contributed by atoms with E-state index in [1.165, 1.54) is 0 Å². The van der Waals surface area contributed by atoms with Crippen LogP contribution in [-0.4, -0.2) is 18.6 Å².